The highest BCUT2D eigenvalue weighted by molar-refractivity contribution is 7.09. The van der Waals surface area contributed by atoms with Gasteiger partial charge in [0.25, 0.3) is 11.8 Å². The predicted molar refractivity (Wildman–Crippen MR) is 178 cm³/mol. The second-order valence-corrected chi connectivity index (χ2v) is 13.4. The van der Waals surface area contributed by atoms with E-state index in [0.29, 0.717) is 49.7 Å². The summed E-state index contributed by atoms with van der Waals surface area (Å²) < 4.78 is 6.00. The lowest BCUT2D eigenvalue weighted by Crippen LogP contribution is -2.41. The lowest BCUT2D eigenvalue weighted by Gasteiger charge is -2.24. The summed E-state index contributed by atoms with van der Waals surface area (Å²) in [4.78, 5) is 77.7. The van der Waals surface area contributed by atoms with Crippen LogP contribution in [0.25, 0.3) is 0 Å². The number of amides is 5. The SMILES string of the molecule is Cc1oc2nc1C(=O)N[C@@H](C(C)C)c1nc(cs1)C(=O)NCCN(C(=O)CCN1CCCC1=O)CCCC(=O)N[C@H]2Cc1ccccc1. The zero-order valence-corrected chi connectivity index (χ0v) is 28.4. The largest absolute Gasteiger partial charge is 0.443 e. The molecular weight excluding hydrogens is 634 g/mol. The van der Waals surface area contributed by atoms with Crippen LogP contribution in [0.3, 0.4) is 0 Å². The van der Waals surface area contributed by atoms with Crippen LogP contribution in [-0.4, -0.2) is 82.0 Å². The normalized spacial score (nSPS) is 20.0. The second-order valence-electron chi connectivity index (χ2n) is 12.5. The van der Waals surface area contributed by atoms with E-state index < -0.39 is 23.9 Å². The van der Waals surface area contributed by atoms with E-state index in [9.17, 15) is 24.0 Å². The zero-order valence-electron chi connectivity index (χ0n) is 27.6. The average molecular weight is 678 g/mol. The van der Waals surface area contributed by atoms with Crippen LogP contribution < -0.4 is 16.0 Å². The molecule has 5 rings (SSSR count). The standard InChI is InChI=1S/C34H43N7O6S/c1-21(2)29-34-37-25(20-48-34)31(45)35-14-18-41(28(44)13-17-40-16-8-12-27(40)43)15-7-11-26(42)36-24(19-23-9-5-4-6-10-23)33-39-30(22(3)47-33)32(46)38-29/h4-6,9-10,20-21,24,29H,7-8,11-19H2,1-3H3,(H,35,45)(H,36,42)(H,38,46)/t24-,29-/m0/s1. The molecule has 48 heavy (non-hydrogen) atoms. The summed E-state index contributed by atoms with van der Waals surface area (Å²) in [5.74, 6) is -0.716. The fourth-order valence-electron chi connectivity index (χ4n) is 5.87. The van der Waals surface area contributed by atoms with Crippen molar-refractivity contribution < 1.29 is 28.4 Å². The number of thiazole rings is 1. The fraction of sp³-hybridized carbons (Fsp3) is 0.500. The van der Waals surface area contributed by atoms with E-state index in [1.54, 1.807) is 22.1 Å². The molecule has 2 aliphatic heterocycles. The van der Waals surface area contributed by atoms with Crippen molar-refractivity contribution >= 4 is 40.9 Å². The quantitative estimate of drug-likeness (QED) is 0.357. The van der Waals surface area contributed by atoms with Crippen molar-refractivity contribution in [1.82, 2.24) is 35.7 Å². The minimum Gasteiger partial charge on any atom is -0.443 e. The van der Waals surface area contributed by atoms with Gasteiger partial charge in [0.2, 0.25) is 23.6 Å². The molecule has 13 nitrogen and oxygen atoms in total. The number of carbonyl (C=O) groups excluding carboxylic acids is 5. The van der Waals surface area contributed by atoms with Crippen molar-refractivity contribution in [2.24, 2.45) is 5.92 Å². The van der Waals surface area contributed by atoms with Gasteiger partial charge < -0.3 is 30.2 Å². The predicted octanol–water partition coefficient (Wildman–Crippen LogP) is 3.33. The molecule has 2 aliphatic rings. The van der Waals surface area contributed by atoms with Crippen LogP contribution in [0.2, 0.25) is 0 Å². The van der Waals surface area contributed by atoms with Crippen molar-refractivity contribution in [3.05, 3.63) is 69.3 Å². The number of nitrogens with zero attached hydrogens (tertiary/aromatic N) is 4. The Morgan fingerprint density at radius 3 is 2.50 bits per heavy atom. The Morgan fingerprint density at radius 1 is 1.00 bits per heavy atom. The van der Waals surface area contributed by atoms with E-state index in [1.165, 1.54) is 11.3 Å². The molecule has 1 saturated heterocycles. The molecule has 0 unspecified atom stereocenters. The third-order valence-electron chi connectivity index (χ3n) is 8.54. The molecule has 1 fully saturated rings. The van der Waals surface area contributed by atoms with Crippen molar-refractivity contribution in [2.45, 2.75) is 71.4 Å². The summed E-state index contributed by atoms with van der Waals surface area (Å²) >= 11 is 1.28. The van der Waals surface area contributed by atoms with E-state index in [-0.39, 0.29) is 66.8 Å². The van der Waals surface area contributed by atoms with E-state index in [0.717, 1.165) is 12.0 Å². The second kappa shape index (κ2) is 16.0. The van der Waals surface area contributed by atoms with Crippen LogP contribution in [-0.2, 0) is 20.8 Å². The zero-order chi connectivity index (χ0) is 34.2. The van der Waals surface area contributed by atoms with Gasteiger partial charge in [0.1, 0.15) is 22.5 Å². The molecular formula is C34H43N7O6S. The first-order valence-electron chi connectivity index (χ1n) is 16.5. The Labute approximate surface area is 283 Å². The Kier molecular flexibility index (Phi) is 11.6. The molecule has 2 atom stereocenters. The maximum Gasteiger partial charge on any atom is 0.274 e. The van der Waals surface area contributed by atoms with Gasteiger partial charge in [-0.25, -0.2) is 9.97 Å². The van der Waals surface area contributed by atoms with Crippen molar-refractivity contribution in [3.8, 4) is 0 Å². The number of aryl methyl sites for hydroxylation is 1. The lowest BCUT2D eigenvalue weighted by atomic mass is 10.0. The molecule has 256 valence electrons. The minimum atomic E-state index is -0.640. The molecule has 4 bridgehead atoms. The van der Waals surface area contributed by atoms with E-state index in [2.05, 4.69) is 25.9 Å². The van der Waals surface area contributed by atoms with Crippen molar-refractivity contribution in [3.63, 3.8) is 0 Å². The van der Waals surface area contributed by atoms with Crippen molar-refractivity contribution in [1.29, 1.82) is 0 Å². The van der Waals surface area contributed by atoms with Crippen LogP contribution in [0.15, 0.2) is 40.1 Å². The molecule has 3 aromatic rings. The number of aromatic nitrogens is 2. The third-order valence-corrected chi connectivity index (χ3v) is 9.46. The average Bonchev–Trinajstić information content (AvgIpc) is 3.81. The van der Waals surface area contributed by atoms with Crippen LogP contribution in [0.5, 0.6) is 0 Å². The molecule has 5 amide bonds. The van der Waals surface area contributed by atoms with Crippen LogP contribution in [0, 0.1) is 12.8 Å². The number of carbonyl (C=O) groups is 5. The first kappa shape index (κ1) is 34.7. The molecule has 0 radical (unpaired) electrons. The minimum absolute atomic E-state index is 0.0540. The lowest BCUT2D eigenvalue weighted by molar-refractivity contribution is -0.133. The maximum atomic E-state index is 13.5. The van der Waals surface area contributed by atoms with E-state index in [4.69, 9.17) is 4.42 Å². The number of oxazole rings is 1. The first-order chi connectivity index (χ1) is 23.1. The van der Waals surface area contributed by atoms with E-state index >= 15 is 0 Å². The summed E-state index contributed by atoms with van der Waals surface area (Å²) in [5.41, 5.74) is 1.28. The topological polar surface area (TPSA) is 167 Å². The fourth-order valence-corrected chi connectivity index (χ4v) is 6.89. The molecule has 14 heteroatoms. The molecule has 1 aromatic carbocycles. The van der Waals surface area contributed by atoms with Gasteiger partial charge in [0, 0.05) is 63.8 Å². The van der Waals surface area contributed by atoms with Gasteiger partial charge in [-0.15, -0.1) is 11.3 Å². The number of fused-ring (bicyclic) bond motifs is 4. The van der Waals surface area contributed by atoms with Gasteiger partial charge >= 0.3 is 0 Å². The Hall–Kier alpha value is -4.59. The molecule has 4 heterocycles. The van der Waals surface area contributed by atoms with Crippen LogP contribution >= 0.6 is 11.3 Å². The molecule has 0 spiro atoms. The summed E-state index contributed by atoms with van der Waals surface area (Å²) in [5, 5.41) is 11.1. The van der Waals surface area contributed by atoms with Gasteiger partial charge in [-0.1, -0.05) is 44.2 Å². The summed E-state index contributed by atoms with van der Waals surface area (Å²) in [6.07, 6.45) is 2.34. The van der Waals surface area contributed by atoms with Gasteiger partial charge in [-0.2, -0.15) is 0 Å². The number of rotatable bonds is 6. The third kappa shape index (κ3) is 8.85. The van der Waals surface area contributed by atoms with Crippen molar-refractivity contribution in [2.75, 3.05) is 32.7 Å². The van der Waals surface area contributed by atoms with Crippen LogP contribution in [0.1, 0.15) is 101 Å². The number of hydrogen-bond donors (Lipinski definition) is 3. The highest BCUT2D eigenvalue weighted by Crippen LogP contribution is 2.27. The number of nitrogens with one attached hydrogen (secondary N) is 3. The molecule has 3 N–H and O–H groups in total. The first-order valence-corrected chi connectivity index (χ1v) is 17.4. The monoisotopic (exact) mass is 677 g/mol. The van der Waals surface area contributed by atoms with Gasteiger partial charge in [-0.05, 0) is 31.2 Å². The summed E-state index contributed by atoms with van der Waals surface area (Å²) in [7, 11) is 0. The molecule has 2 aromatic heterocycles. The van der Waals surface area contributed by atoms with Gasteiger partial charge in [-0.3, -0.25) is 24.0 Å². The highest BCUT2D eigenvalue weighted by atomic mass is 32.1. The Bertz CT molecular complexity index is 1620. The maximum absolute atomic E-state index is 13.5. The highest BCUT2D eigenvalue weighted by Gasteiger charge is 2.29. The molecule has 0 aliphatic carbocycles. The number of benzene rings is 1. The van der Waals surface area contributed by atoms with Gasteiger partial charge in [0.05, 0.1) is 6.04 Å². The number of likely N-dealkylation sites (tertiary alicyclic amines) is 1. The summed E-state index contributed by atoms with van der Waals surface area (Å²) in [6.45, 7) is 7.24. The Morgan fingerprint density at radius 2 is 1.77 bits per heavy atom. The number of hydrogen-bond acceptors (Lipinski definition) is 9. The summed E-state index contributed by atoms with van der Waals surface area (Å²) in [6, 6.07) is 8.48. The van der Waals surface area contributed by atoms with E-state index in [1.807, 2.05) is 44.2 Å². The Balaban J connectivity index is 1.39. The molecule has 0 saturated carbocycles. The smallest absolute Gasteiger partial charge is 0.274 e. The van der Waals surface area contributed by atoms with Crippen LogP contribution in [0.4, 0.5) is 0 Å². The van der Waals surface area contributed by atoms with Gasteiger partial charge in [0.15, 0.2) is 5.69 Å².